The maximum Gasteiger partial charge on any atom is 0.335 e. The van der Waals surface area contributed by atoms with Crippen LogP contribution in [0.3, 0.4) is 0 Å². The van der Waals surface area contributed by atoms with E-state index >= 15 is 0 Å². The number of aromatic carboxylic acids is 1. The molecule has 6 radical (unpaired) electrons. The fraction of sp³-hybridized carbons (Fsp3) is 0.423. The van der Waals surface area contributed by atoms with Crippen LogP contribution in [0.4, 0.5) is 0 Å². The van der Waals surface area contributed by atoms with Crippen molar-refractivity contribution in [1.82, 2.24) is 9.88 Å². The van der Waals surface area contributed by atoms with Gasteiger partial charge in [0.15, 0.2) is 0 Å². The second-order valence-electron chi connectivity index (χ2n) is 9.89. The van der Waals surface area contributed by atoms with Crippen molar-refractivity contribution in [3.05, 3.63) is 64.8 Å². The molecule has 6 nitrogen and oxygen atoms in total. The number of likely N-dealkylation sites (tertiary alicyclic amines) is 1. The van der Waals surface area contributed by atoms with Gasteiger partial charge in [0.2, 0.25) is 0 Å². The summed E-state index contributed by atoms with van der Waals surface area (Å²) in [6.45, 7) is 4.19. The van der Waals surface area contributed by atoms with Crippen molar-refractivity contribution < 1.29 is 19.4 Å². The van der Waals surface area contributed by atoms with Gasteiger partial charge in [0.25, 0.3) is 0 Å². The van der Waals surface area contributed by atoms with Crippen molar-refractivity contribution in [3.63, 3.8) is 0 Å². The molecule has 2 N–H and O–H groups in total. The highest BCUT2D eigenvalue weighted by Gasteiger charge is 2.43. The van der Waals surface area contributed by atoms with Crippen LogP contribution in [-0.4, -0.2) is 68.6 Å². The van der Waals surface area contributed by atoms with Gasteiger partial charge in [0.05, 0.1) is 11.2 Å². The molecule has 0 amide bonds. The number of hydrogen-bond donors (Lipinski definition) is 2. The number of nitrogens with one attached hydrogen (secondary N) is 1. The van der Waals surface area contributed by atoms with Crippen LogP contribution in [0.1, 0.15) is 58.8 Å². The van der Waals surface area contributed by atoms with E-state index in [2.05, 4.69) is 9.88 Å². The SMILES string of the molecule is [B]C([B])([B])Oc1cc(C)c2[nH]ccc2c1CN1CCC2(CCCO2)CC1c1ccc(C(=O)O)cc1. The van der Waals surface area contributed by atoms with Gasteiger partial charge in [0, 0.05) is 48.4 Å². The Hall–Kier alpha value is -2.64. The molecule has 2 saturated heterocycles. The lowest BCUT2D eigenvalue weighted by atomic mass is 9.52. The molecule has 2 aliphatic rings. The molecule has 2 fully saturated rings. The van der Waals surface area contributed by atoms with E-state index in [-0.39, 0.29) is 17.2 Å². The number of carbonyl (C=O) groups is 1. The number of carboxylic acids is 1. The Kier molecular flexibility index (Phi) is 6.26. The highest BCUT2D eigenvalue weighted by atomic mass is 16.5. The van der Waals surface area contributed by atoms with E-state index in [1.165, 1.54) is 0 Å². The predicted octanol–water partition coefficient (Wildman–Crippen LogP) is 3.56. The molecule has 3 aromatic rings. The maximum atomic E-state index is 11.4. The summed E-state index contributed by atoms with van der Waals surface area (Å²) in [4.78, 5) is 17.1. The van der Waals surface area contributed by atoms with Gasteiger partial charge < -0.3 is 19.6 Å². The Morgan fingerprint density at radius 2 is 2.03 bits per heavy atom. The van der Waals surface area contributed by atoms with Crippen LogP contribution in [0, 0.1) is 6.92 Å². The standard InChI is InChI=1S/C26H27B3N2O4/c1-16-13-22(35-26(27,28)29)20(19-7-10-30-23(16)19)15-31-11-9-25(8-2-12-34-25)14-21(31)17-3-5-18(6-4-17)24(32)33/h3-7,10,13,21,30H,2,8-9,11-12,14-15H2,1H3,(H,32,33). The average molecular weight is 464 g/mol. The third kappa shape index (κ3) is 4.89. The van der Waals surface area contributed by atoms with Crippen LogP contribution < -0.4 is 4.74 Å². The summed E-state index contributed by atoms with van der Waals surface area (Å²) in [6, 6.07) is 11.2. The molecule has 0 aliphatic carbocycles. The van der Waals surface area contributed by atoms with Gasteiger partial charge in [-0.2, -0.15) is 0 Å². The molecule has 0 bridgehead atoms. The van der Waals surface area contributed by atoms with E-state index in [0.29, 0.717) is 12.3 Å². The largest absolute Gasteiger partial charge is 0.515 e. The molecule has 3 heterocycles. The molecular weight excluding hydrogens is 437 g/mol. The monoisotopic (exact) mass is 464 g/mol. The molecule has 9 heteroatoms. The summed E-state index contributed by atoms with van der Waals surface area (Å²) in [5.74, 6) is -0.378. The molecule has 1 aromatic heterocycles. The van der Waals surface area contributed by atoms with Crippen LogP contribution in [0.25, 0.3) is 10.9 Å². The zero-order chi connectivity index (χ0) is 24.8. The van der Waals surface area contributed by atoms with Gasteiger partial charge in [0.1, 0.15) is 29.3 Å². The molecule has 2 aliphatic heterocycles. The van der Waals surface area contributed by atoms with E-state index in [1.807, 2.05) is 37.4 Å². The summed E-state index contributed by atoms with van der Waals surface area (Å²) in [5.41, 5.74) is 4.19. The second kappa shape index (κ2) is 9.10. The Morgan fingerprint density at radius 1 is 1.26 bits per heavy atom. The van der Waals surface area contributed by atoms with E-state index in [1.54, 1.807) is 12.1 Å². The Bertz CT molecular complexity index is 1230. The van der Waals surface area contributed by atoms with Crippen molar-refractivity contribution in [2.24, 2.45) is 0 Å². The third-order valence-corrected chi connectivity index (χ3v) is 7.35. The fourth-order valence-electron chi connectivity index (χ4n) is 5.65. The van der Waals surface area contributed by atoms with Gasteiger partial charge >= 0.3 is 5.97 Å². The smallest absolute Gasteiger partial charge is 0.335 e. The van der Waals surface area contributed by atoms with Crippen molar-refractivity contribution >= 4 is 40.4 Å². The van der Waals surface area contributed by atoms with E-state index in [9.17, 15) is 9.90 Å². The second-order valence-corrected chi connectivity index (χ2v) is 9.89. The number of rotatable bonds is 6. The van der Waals surface area contributed by atoms with Crippen LogP contribution in [0.15, 0.2) is 42.6 Å². The van der Waals surface area contributed by atoms with Gasteiger partial charge in [-0.05, 0) is 73.3 Å². The molecule has 2 atom stereocenters. The number of aryl methyl sites for hydroxylation is 1. The molecule has 0 saturated carbocycles. The minimum absolute atomic E-state index is 0.0474. The minimum atomic E-state index is -1.80. The number of benzene rings is 2. The lowest BCUT2D eigenvalue weighted by Gasteiger charge is -2.45. The molecule has 35 heavy (non-hydrogen) atoms. The van der Waals surface area contributed by atoms with Crippen LogP contribution in [0.2, 0.25) is 0 Å². The van der Waals surface area contributed by atoms with Gasteiger partial charge in [-0.1, -0.05) is 12.1 Å². The lowest BCUT2D eigenvalue weighted by Crippen LogP contribution is -2.45. The number of carboxylic acid groups (broad SMARTS) is 1. The van der Waals surface area contributed by atoms with E-state index in [0.717, 1.165) is 66.4 Å². The summed E-state index contributed by atoms with van der Waals surface area (Å²) in [5, 5.41) is 8.57. The Morgan fingerprint density at radius 3 is 2.69 bits per heavy atom. The normalized spacial score (nSPS) is 23.2. The van der Waals surface area contributed by atoms with Crippen LogP contribution in [-0.2, 0) is 11.3 Å². The molecule has 2 aromatic carbocycles. The first-order valence-electron chi connectivity index (χ1n) is 12.0. The number of fused-ring (bicyclic) bond motifs is 1. The van der Waals surface area contributed by atoms with Crippen LogP contribution in [0.5, 0.6) is 5.75 Å². The first-order valence-corrected chi connectivity index (χ1v) is 12.0. The summed E-state index contributed by atoms with van der Waals surface area (Å²) >= 11 is 0. The Labute approximate surface area is 209 Å². The zero-order valence-corrected chi connectivity index (χ0v) is 19.9. The summed E-state index contributed by atoms with van der Waals surface area (Å²) in [7, 11) is 17.5. The third-order valence-electron chi connectivity index (χ3n) is 7.35. The molecule has 174 valence electrons. The molecule has 1 spiro atoms. The van der Waals surface area contributed by atoms with Gasteiger partial charge in [-0.25, -0.2) is 4.79 Å². The number of hydrogen-bond acceptors (Lipinski definition) is 4. The topological polar surface area (TPSA) is 74.8 Å². The van der Waals surface area contributed by atoms with Crippen molar-refractivity contribution in [1.29, 1.82) is 0 Å². The van der Waals surface area contributed by atoms with Crippen LogP contribution >= 0.6 is 0 Å². The number of piperidine rings is 1. The van der Waals surface area contributed by atoms with Gasteiger partial charge in [-0.15, -0.1) is 0 Å². The highest BCUT2D eigenvalue weighted by molar-refractivity contribution is 6.58. The number of aromatic amines is 1. The zero-order valence-electron chi connectivity index (χ0n) is 19.9. The fourth-order valence-corrected chi connectivity index (χ4v) is 5.65. The molecule has 2 unspecified atom stereocenters. The lowest BCUT2D eigenvalue weighted by molar-refractivity contribution is -0.0676. The number of H-pyrrole nitrogens is 1. The highest BCUT2D eigenvalue weighted by Crippen LogP contribution is 2.45. The van der Waals surface area contributed by atoms with Crippen molar-refractivity contribution in [2.75, 3.05) is 13.2 Å². The molecule has 5 rings (SSSR count). The Balaban J connectivity index is 1.53. The maximum absolute atomic E-state index is 11.4. The summed E-state index contributed by atoms with van der Waals surface area (Å²) < 4.78 is 12.1. The predicted molar refractivity (Wildman–Crippen MR) is 137 cm³/mol. The summed E-state index contributed by atoms with van der Waals surface area (Å²) in [6.07, 6.45) is 5.79. The number of ether oxygens (including phenoxy) is 2. The molecular formula is C26H27B3N2O4. The first kappa shape index (κ1) is 24.1. The number of aromatic nitrogens is 1. The van der Waals surface area contributed by atoms with E-state index < -0.39 is 11.3 Å². The first-order chi connectivity index (χ1) is 16.6. The quantitative estimate of drug-likeness (QED) is 0.547. The van der Waals surface area contributed by atoms with Gasteiger partial charge in [-0.3, -0.25) is 4.90 Å². The van der Waals surface area contributed by atoms with E-state index in [4.69, 9.17) is 33.0 Å². The number of nitrogens with zero attached hydrogens (tertiary/aromatic N) is 1. The van der Waals surface area contributed by atoms with Crippen molar-refractivity contribution in [2.45, 2.75) is 56.1 Å². The minimum Gasteiger partial charge on any atom is -0.515 e. The van der Waals surface area contributed by atoms with Crippen molar-refractivity contribution in [3.8, 4) is 5.75 Å². The average Bonchev–Trinajstić information content (AvgIpc) is 3.47.